The molecular formula is C27H39NO. The molecule has 3 rings (SSSR count). The van der Waals surface area contributed by atoms with Crippen LogP contribution >= 0.6 is 0 Å². The number of nitrogens with one attached hydrogen (secondary N) is 1. The molecule has 2 nitrogen and oxygen atoms in total. The van der Waals surface area contributed by atoms with Gasteiger partial charge in [-0.1, -0.05) is 82.6 Å². The Bertz CT molecular complexity index is 737. The fourth-order valence-electron chi connectivity index (χ4n) is 5.24. The van der Waals surface area contributed by atoms with Gasteiger partial charge in [0.15, 0.2) is 0 Å². The highest BCUT2D eigenvalue weighted by Gasteiger charge is 2.32. The molecule has 3 atom stereocenters. The second-order valence-corrected chi connectivity index (χ2v) is 8.84. The van der Waals surface area contributed by atoms with E-state index in [0.29, 0.717) is 6.54 Å². The molecule has 2 unspecified atom stereocenters. The van der Waals surface area contributed by atoms with Gasteiger partial charge in [-0.25, -0.2) is 0 Å². The van der Waals surface area contributed by atoms with E-state index in [1.165, 1.54) is 47.9 Å². The second-order valence-electron chi connectivity index (χ2n) is 8.84. The largest absolute Gasteiger partial charge is 0.392 e. The number of hydrogen-bond donors (Lipinski definition) is 2. The summed E-state index contributed by atoms with van der Waals surface area (Å²) < 4.78 is 0. The van der Waals surface area contributed by atoms with Crippen LogP contribution in [0.4, 0.5) is 0 Å². The first-order chi connectivity index (χ1) is 14.1. The van der Waals surface area contributed by atoms with E-state index in [0.717, 1.165) is 12.8 Å². The average molecular weight is 394 g/mol. The third-order valence-electron chi connectivity index (χ3n) is 7.33. The zero-order chi connectivity index (χ0) is 20.9. The Labute approximate surface area is 177 Å². The number of aliphatic hydroxyl groups excluding tert-OH is 1. The van der Waals surface area contributed by atoms with Crippen molar-refractivity contribution in [3.8, 4) is 0 Å². The van der Waals surface area contributed by atoms with Gasteiger partial charge < -0.3 is 10.4 Å². The molecule has 0 radical (unpaired) electrons. The predicted molar refractivity (Wildman–Crippen MR) is 124 cm³/mol. The lowest BCUT2D eigenvalue weighted by molar-refractivity contribution is 0.192. The second kappa shape index (κ2) is 9.91. The fraction of sp³-hybridized carbons (Fsp3) is 0.556. The van der Waals surface area contributed by atoms with Gasteiger partial charge in [-0.15, -0.1) is 0 Å². The lowest BCUT2D eigenvalue weighted by atomic mass is 9.73. The molecule has 1 aliphatic heterocycles. The van der Waals surface area contributed by atoms with Crippen molar-refractivity contribution in [1.82, 2.24) is 5.32 Å². The van der Waals surface area contributed by atoms with Gasteiger partial charge in [0.2, 0.25) is 0 Å². The lowest BCUT2D eigenvalue weighted by Crippen LogP contribution is -2.30. The average Bonchev–Trinajstić information content (AvgIpc) is 3.18. The van der Waals surface area contributed by atoms with E-state index < -0.39 is 0 Å². The molecule has 2 aromatic carbocycles. The quantitative estimate of drug-likeness (QED) is 0.551. The standard InChI is InChI=1S/C27H39NO/c1-5-9-20-10-12-21(13-11-20)26(25-18-24(29)19-28-25)22-14-16-23(17-15-22)27(6-2,7-3)8-4/h10-17,24-26,28-29H,5-9,18-19H2,1-4H3/t24-,25?,26?/m0/s1. The van der Waals surface area contributed by atoms with Crippen LogP contribution in [-0.2, 0) is 11.8 Å². The van der Waals surface area contributed by atoms with Crippen LogP contribution in [0.2, 0.25) is 0 Å². The molecule has 1 heterocycles. The SMILES string of the molecule is CCCc1ccc(C(c2ccc(C(CC)(CC)CC)cc2)C2C[C@H](O)CN2)cc1. The molecule has 1 aliphatic rings. The van der Waals surface area contributed by atoms with Gasteiger partial charge in [-0.05, 0) is 59.8 Å². The van der Waals surface area contributed by atoms with E-state index in [9.17, 15) is 5.11 Å². The third kappa shape index (κ3) is 4.75. The number of aliphatic hydroxyl groups is 1. The Hall–Kier alpha value is -1.64. The minimum Gasteiger partial charge on any atom is -0.392 e. The molecule has 0 amide bonds. The Morgan fingerprint density at radius 3 is 1.90 bits per heavy atom. The van der Waals surface area contributed by atoms with Crippen molar-refractivity contribution in [3.05, 3.63) is 70.8 Å². The molecule has 1 saturated heterocycles. The van der Waals surface area contributed by atoms with Gasteiger partial charge in [-0.3, -0.25) is 0 Å². The first-order valence-corrected chi connectivity index (χ1v) is 11.7. The lowest BCUT2D eigenvalue weighted by Gasteiger charge is -2.32. The molecule has 29 heavy (non-hydrogen) atoms. The molecule has 0 aliphatic carbocycles. The van der Waals surface area contributed by atoms with E-state index in [-0.39, 0.29) is 23.5 Å². The Morgan fingerprint density at radius 2 is 1.45 bits per heavy atom. The highest BCUT2D eigenvalue weighted by molar-refractivity contribution is 5.39. The maximum Gasteiger partial charge on any atom is 0.0679 e. The number of aryl methyl sites for hydroxylation is 1. The van der Waals surface area contributed by atoms with Crippen LogP contribution in [0.1, 0.15) is 88.0 Å². The molecule has 0 aromatic heterocycles. The smallest absolute Gasteiger partial charge is 0.0679 e. The van der Waals surface area contributed by atoms with Gasteiger partial charge in [0.05, 0.1) is 6.10 Å². The maximum absolute atomic E-state index is 10.1. The third-order valence-corrected chi connectivity index (χ3v) is 7.33. The number of rotatable bonds is 9. The summed E-state index contributed by atoms with van der Waals surface area (Å²) in [5.74, 6) is 0.274. The van der Waals surface area contributed by atoms with Crippen molar-refractivity contribution in [3.63, 3.8) is 0 Å². The summed E-state index contributed by atoms with van der Waals surface area (Å²) in [5.41, 5.74) is 5.85. The molecular weight excluding hydrogens is 354 g/mol. The predicted octanol–water partition coefficient (Wildman–Crippen LogP) is 5.96. The molecule has 0 spiro atoms. The molecule has 2 N–H and O–H groups in total. The van der Waals surface area contributed by atoms with E-state index in [1.54, 1.807) is 0 Å². The van der Waals surface area contributed by atoms with Crippen molar-refractivity contribution >= 4 is 0 Å². The van der Waals surface area contributed by atoms with E-state index in [4.69, 9.17) is 0 Å². The van der Waals surface area contributed by atoms with Gasteiger partial charge >= 0.3 is 0 Å². The van der Waals surface area contributed by atoms with Crippen LogP contribution in [0.25, 0.3) is 0 Å². The van der Waals surface area contributed by atoms with Crippen LogP contribution in [0.15, 0.2) is 48.5 Å². The summed E-state index contributed by atoms with van der Waals surface area (Å²) >= 11 is 0. The molecule has 0 bridgehead atoms. The van der Waals surface area contributed by atoms with Crippen molar-refractivity contribution in [2.75, 3.05) is 6.54 Å². The normalized spacial score (nSPS) is 20.7. The van der Waals surface area contributed by atoms with Crippen molar-refractivity contribution in [2.24, 2.45) is 0 Å². The molecule has 2 heteroatoms. The van der Waals surface area contributed by atoms with E-state index in [2.05, 4.69) is 81.5 Å². The number of β-amino-alcohol motifs (C(OH)–C–C–N with tert-alkyl or cyclic N) is 1. The van der Waals surface area contributed by atoms with Gasteiger partial charge in [0, 0.05) is 18.5 Å². The Kier molecular flexibility index (Phi) is 7.54. The topological polar surface area (TPSA) is 32.3 Å². The first-order valence-electron chi connectivity index (χ1n) is 11.7. The summed E-state index contributed by atoms with van der Waals surface area (Å²) in [7, 11) is 0. The zero-order valence-corrected chi connectivity index (χ0v) is 18.7. The van der Waals surface area contributed by atoms with Crippen LogP contribution < -0.4 is 5.32 Å². The van der Waals surface area contributed by atoms with Gasteiger partial charge in [-0.2, -0.15) is 0 Å². The number of benzene rings is 2. The summed E-state index contributed by atoms with van der Waals surface area (Å²) in [5, 5.41) is 13.7. The van der Waals surface area contributed by atoms with Crippen LogP contribution in [0.5, 0.6) is 0 Å². The van der Waals surface area contributed by atoms with E-state index >= 15 is 0 Å². The summed E-state index contributed by atoms with van der Waals surface area (Å²) in [6.07, 6.45) is 6.41. The van der Waals surface area contributed by atoms with Crippen molar-refractivity contribution in [1.29, 1.82) is 0 Å². The van der Waals surface area contributed by atoms with Crippen LogP contribution in [0, 0.1) is 0 Å². The summed E-state index contributed by atoms with van der Waals surface area (Å²) in [4.78, 5) is 0. The van der Waals surface area contributed by atoms with Crippen LogP contribution in [-0.4, -0.2) is 23.8 Å². The maximum atomic E-state index is 10.1. The Balaban J connectivity index is 1.94. The molecule has 158 valence electrons. The monoisotopic (exact) mass is 393 g/mol. The Morgan fingerprint density at radius 1 is 0.897 bits per heavy atom. The minimum absolute atomic E-state index is 0.242. The molecule has 1 fully saturated rings. The fourth-order valence-corrected chi connectivity index (χ4v) is 5.24. The van der Waals surface area contributed by atoms with Crippen LogP contribution in [0.3, 0.4) is 0 Å². The highest BCUT2D eigenvalue weighted by atomic mass is 16.3. The van der Waals surface area contributed by atoms with Crippen molar-refractivity contribution < 1.29 is 5.11 Å². The van der Waals surface area contributed by atoms with E-state index in [1.807, 2.05) is 0 Å². The highest BCUT2D eigenvalue weighted by Crippen LogP contribution is 2.37. The number of hydrogen-bond acceptors (Lipinski definition) is 2. The zero-order valence-electron chi connectivity index (χ0n) is 18.7. The molecule has 2 aromatic rings. The van der Waals surface area contributed by atoms with Gasteiger partial charge in [0.25, 0.3) is 0 Å². The minimum atomic E-state index is -0.242. The summed E-state index contributed by atoms with van der Waals surface area (Å²) in [6, 6.07) is 18.8. The van der Waals surface area contributed by atoms with Gasteiger partial charge in [0.1, 0.15) is 0 Å². The molecule has 0 saturated carbocycles. The van der Waals surface area contributed by atoms with Crippen molar-refractivity contribution in [2.45, 2.75) is 89.7 Å². The first kappa shape index (κ1) is 22.1. The summed E-state index contributed by atoms with van der Waals surface area (Å²) in [6.45, 7) is 9.85.